The SMILES string of the molecule is C[C@H](CCCCCO)[C@H]1CC[C@H]2[C@@H]3CCC4=CC(=O)CC[C@]4(C)[C@H]3CC[C@]12C. The van der Waals surface area contributed by atoms with Crippen molar-refractivity contribution in [1.29, 1.82) is 0 Å². The summed E-state index contributed by atoms with van der Waals surface area (Å²) in [5.74, 6) is 4.71. The van der Waals surface area contributed by atoms with Crippen LogP contribution >= 0.6 is 0 Å². The van der Waals surface area contributed by atoms with Gasteiger partial charge >= 0.3 is 0 Å². The van der Waals surface area contributed by atoms with Gasteiger partial charge in [-0.1, -0.05) is 45.6 Å². The van der Waals surface area contributed by atoms with E-state index in [0.717, 1.165) is 48.9 Å². The minimum absolute atomic E-state index is 0.312. The molecule has 0 aromatic carbocycles. The minimum atomic E-state index is 0.312. The summed E-state index contributed by atoms with van der Waals surface area (Å²) in [6.07, 6.45) is 16.9. The molecule has 1 N–H and O–H groups in total. The Kier molecular flexibility index (Phi) is 5.82. The minimum Gasteiger partial charge on any atom is -0.396 e. The Morgan fingerprint density at radius 3 is 2.64 bits per heavy atom. The van der Waals surface area contributed by atoms with Crippen molar-refractivity contribution in [2.45, 2.75) is 97.8 Å². The molecule has 28 heavy (non-hydrogen) atoms. The number of carbonyl (C=O) groups is 1. The third-order valence-electron chi connectivity index (χ3n) is 10.0. The smallest absolute Gasteiger partial charge is 0.155 e. The fourth-order valence-corrected chi connectivity index (χ4v) is 8.49. The van der Waals surface area contributed by atoms with Crippen LogP contribution in [-0.4, -0.2) is 17.5 Å². The lowest BCUT2D eigenvalue weighted by atomic mass is 9.46. The second kappa shape index (κ2) is 7.89. The second-order valence-electron chi connectivity index (χ2n) is 11.2. The molecule has 0 spiro atoms. The van der Waals surface area contributed by atoms with Crippen molar-refractivity contribution in [1.82, 2.24) is 0 Å². The standard InChI is InChI=1S/C26H42O2/c1-18(7-5-4-6-16-27)22-10-11-23-21-9-8-19-17-20(28)12-14-25(19,2)24(21)13-15-26(22,23)3/h17-18,21-24,27H,4-16H2,1-3H3/t18-,21+,22-,23+,24+,25+,26-/m1/s1. The molecule has 4 aliphatic rings. The highest BCUT2D eigenvalue weighted by Crippen LogP contribution is 2.67. The first-order valence-corrected chi connectivity index (χ1v) is 12.2. The molecule has 0 saturated heterocycles. The van der Waals surface area contributed by atoms with Gasteiger partial charge in [0.25, 0.3) is 0 Å². The van der Waals surface area contributed by atoms with E-state index in [0.29, 0.717) is 23.2 Å². The van der Waals surface area contributed by atoms with Crippen LogP contribution in [0, 0.1) is 40.4 Å². The van der Waals surface area contributed by atoms with Gasteiger partial charge in [0, 0.05) is 13.0 Å². The monoisotopic (exact) mass is 386 g/mol. The average Bonchev–Trinajstić information content (AvgIpc) is 3.03. The van der Waals surface area contributed by atoms with Crippen LogP contribution in [0.15, 0.2) is 11.6 Å². The van der Waals surface area contributed by atoms with E-state index in [1.165, 1.54) is 63.4 Å². The molecule has 3 fully saturated rings. The predicted molar refractivity (Wildman–Crippen MR) is 115 cm³/mol. The van der Waals surface area contributed by atoms with Crippen LogP contribution in [0.2, 0.25) is 0 Å². The summed E-state index contributed by atoms with van der Waals surface area (Å²) in [7, 11) is 0. The van der Waals surface area contributed by atoms with Crippen LogP contribution in [-0.2, 0) is 4.79 Å². The quantitative estimate of drug-likeness (QED) is 0.542. The Balaban J connectivity index is 1.48. The third kappa shape index (κ3) is 3.32. The van der Waals surface area contributed by atoms with Gasteiger partial charge in [-0.25, -0.2) is 0 Å². The van der Waals surface area contributed by atoms with Crippen molar-refractivity contribution < 1.29 is 9.90 Å². The molecule has 2 nitrogen and oxygen atoms in total. The van der Waals surface area contributed by atoms with Gasteiger partial charge in [-0.2, -0.15) is 0 Å². The lowest BCUT2D eigenvalue weighted by molar-refractivity contribution is -0.117. The highest BCUT2D eigenvalue weighted by molar-refractivity contribution is 5.91. The van der Waals surface area contributed by atoms with Gasteiger partial charge in [0.15, 0.2) is 5.78 Å². The van der Waals surface area contributed by atoms with E-state index in [1.54, 1.807) is 0 Å². The van der Waals surface area contributed by atoms with Crippen molar-refractivity contribution in [3.63, 3.8) is 0 Å². The van der Waals surface area contributed by atoms with Gasteiger partial charge in [0.2, 0.25) is 0 Å². The normalized spacial score (nSPS) is 43.7. The molecule has 0 amide bonds. The Labute approximate surface area is 172 Å². The maximum Gasteiger partial charge on any atom is 0.155 e. The van der Waals surface area contributed by atoms with Crippen molar-refractivity contribution in [3.05, 3.63) is 11.6 Å². The van der Waals surface area contributed by atoms with Crippen LogP contribution in [0.1, 0.15) is 97.8 Å². The maximum atomic E-state index is 12.0. The van der Waals surface area contributed by atoms with Crippen LogP contribution in [0.4, 0.5) is 0 Å². The Bertz CT molecular complexity index is 622. The summed E-state index contributed by atoms with van der Waals surface area (Å²) < 4.78 is 0. The first kappa shape index (κ1) is 20.6. The summed E-state index contributed by atoms with van der Waals surface area (Å²) >= 11 is 0. The number of unbranched alkanes of at least 4 members (excludes halogenated alkanes) is 2. The van der Waals surface area contributed by atoms with E-state index >= 15 is 0 Å². The Morgan fingerprint density at radius 2 is 1.86 bits per heavy atom. The van der Waals surface area contributed by atoms with Gasteiger partial charge in [-0.05, 0) is 97.9 Å². The fraction of sp³-hybridized carbons (Fsp3) is 0.885. The maximum absolute atomic E-state index is 12.0. The summed E-state index contributed by atoms with van der Waals surface area (Å²) in [5, 5.41) is 9.04. The molecule has 3 saturated carbocycles. The average molecular weight is 387 g/mol. The van der Waals surface area contributed by atoms with Crippen LogP contribution < -0.4 is 0 Å². The zero-order valence-corrected chi connectivity index (χ0v) is 18.5. The fourth-order valence-electron chi connectivity index (χ4n) is 8.49. The van der Waals surface area contributed by atoms with Crippen LogP contribution in [0.3, 0.4) is 0 Å². The molecule has 0 aromatic rings. The summed E-state index contributed by atoms with van der Waals surface area (Å²) in [6, 6.07) is 0. The van der Waals surface area contributed by atoms with Gasteiger partial charge in [-0.3, -0.25) is 4.79 Å². The summed E-state index contributed by atoms with van der Waals surface area (Å²) in [5.41, 5.74) is 2.35. The van der Waals surface area contributed by atoms with E-state index < -0.39 is 0 Å². The lowest BCUT2D eigenvalue weighted by Gasteiger charge is -2.58. The molecule has 158 valence electrons. The van der Waals surface area contributed by atoms with Gasteiger partial charge in [0.05, 0.1) is 0 Å². The number of carbonyl (C=O) groups excluding carboxylic acids is 1. The first-order chi connectivity index (χ1) is 13.4. The number of rotatable bonds is 6. The predicted octanol–water partition coefficient (Wildman–Crippen LogP) is 6.32. The van der Waals surface area contributed by atoms with Gasteiger partial charge in [-0.15, -0.1) is 0 Å². The van der Waals surface area contributed by atoms with Crippen molar-refractivity contribution in [2.24, 2.45) is 40.4 Å². The topological polar surface area (TPSA) is 37.3 Å². The first-order valence-electron chi connectivity index (χ1n) is 12.2. The van der Waals surface area contributed by atoms with Gasteiger partial charge < -0.3 is 5.11 Å². The molecular weight excluding hydrogens is 344 g/mol. The van der Waals surface area contributed by atoms with E-state index in [2.05, 4.69) is 20.8 Å². The lowest BCUT2D eigenvalue weighted by Crippen LogP contribution is -2.50. The molecule has 0 aliphatic heterocycles. The number of fused-ring (bicyclic) bond motifs is 5. The Hall–Kier alpha value is -0.630. The van der Waals surface area contributed by atoms with E-state index in [1.807, 2.05) is 6.08 Å². The van der Waals surface area contributed by atoms with E-state index in [4.69, 9.17) is 5.11 Å². The van der Waals surface area contributed by atoms with Crippen LogP contribution in [0.25, 0.3) is 0 Å². The molecular formula is C26H42O2. The van der Waals surface area contributed by atoms with Crippen molar-refractivity contribution in [3.8, 4) is 0 Å². The van der Waals surface area contributed by atoms with E-state index in [-0.39, 0.29) is 0 Å². The number of aliphatic hydroxyl groups excluding tert-OH is 1. The Morgan fingerprint density at radius 1 is 1.04 bits per heavy atom. The highest BCUT2D eigenvalue weighted by Gasteiger charge is 2.59. The van der Waals surface area contributed by atoms with Crippen molar-refractivity contribution >= 4 is 5.78 Å². The number of hydrogen-bond acceptors (Lipinski definition) is 2. The van der Waals surface area contributed by atoms with Crippen molar-refractivity contribution in [2.75, 3.05) is 6.61 Å². The molecule has 4 aliphatic carbocycles. The molecule has 0 unspecified atom stereocenters. The molecule has 0 bridgehead atoms. The molecule has 7 atom stereocenters. The molecule has 4 rings (SSSR count). The summed E-state index contributed by atoms with van der Waals surface area (Å²) in [6.45, 7) is 8.01. The van der Waals surface area contributed by atoms with E-state index in [9.17, 15) is 4.79 Å². The number of allylic oxidation sites excluding steroid dienone is 1. The molecule has 0 radical (unpaired) electrons. The number of ketones is 1. The molecule has 0 aromatic heterocycles. The molecule has 0 heterocycles. The zero-order chi connectivity index (χ0) is 19.9. The highest BCUT2D eigenvalue weighted by atomic mass is 16.2. The van der Waals surface area contributed by atoms with Gasteiger partial charge in [0.1, 0.15) is 0 Å². The van der Waals surface area contributed by atoms with Crippen LogP contribution in [0.5, 0.6) is 0 Å². The third-order valence-corrected chi connectivity index (χ3v) is 10.0. The second-order valence-corrected chi connectivity index (χ2v) is 11.2. The number of hydrogen-bond donors (Lipinski definition) is 1. The number of aliphatic hydroxyl groups is 1. The molecule has 2 heteroatoms. The largest absolute Gasteiger partial charge is 0.396 e. The zero-order valence-electron chi connectivity index (χ0n) is 18.5. The summed E-state index contributed by atoms with van der Waals surface area (Å²) in [4.78, 5) is 12.0.